The zero-order valence-electron chi connectivity index (χ0n) is 24.0. The predicted molar refractivity (Wildman–Crippen MR) is 153 cm³/mol. The number of methoxy groups -OCH3 is 1. The number of nitrogens with two attached hydrogens (primary N) is 1. The van der Waals surface area contributed by atoms with Crippen LogP contribution < -0.4 is 21.1 Å². The van der Waals surface area contributed by atoms with E-state index in [1.165, 1.54) is 0 Å². The van der Waals surface area contributed by atoms with E-state index < -0.39 is 17.6 Å². The molecule has 0 fully saturated rings. The molecule has 1 heterocycles. The molecule has 2 aromatic rings. The van der Waals surface area contributed by atoms with E-state index in [-0.39, 0.29) is 30.2 Å². The van der Waals surface area contributed by atoms with Gasteiger partial charge in [0.1, 0.15) is 5.75 Å². The van der Waals surface area contributed by atoms with Crippen molar-refractivity contribution in [2.24, 2.45) is 17.6 Å². The molecule has 2 rings (SSSR count). The Labute approximate surface area is 232 Å². The average Bonchev–Trinajstić information content (AvgIpc) is 2.93. The van der Waals surface area contributed by atoms with E-state index in [9.17, 15) is 14.7 Å². The molecule has 5 N–H and O–H groups in total. The van der Waals surface area contributed by atoms with Gasteiger partial charge in [0.15, 0.2) is 0 Å². The van der Waals surface area contributed by atoms with Crippen molar-refractivity contribution >= 4 is 11.8 Å². The Kier molecular flexibility index (Phi) is 13.4. The van der Waals surface area contributed by atoms with Crippen molar-refractivity contribution < 1.29 is 24.2 Å². The van der Waals surface area contributed by atoms with Crippen LogP contribution in [0, 0.1) is 11.8 Å². The third-order valence-corrected chi connectivity index (χ3v) is 7.01. The molecule has 0 radical (unpaired) electrons. The lowest BCUT2D eigenvalue weighted by atomic mass is 9.86. The number of nitrogens with zero attached hydrogens (tertiary/aromatic N) is 1. The molecule has 0 spiro atoms. The van der Waals surface area contributed by atoms with Crippen LogP contribution in [0.2, 0.25) is 0 Å². The normalized spacial score (nSPS) is 13.9. The van der Waals surface area contributed by atoms with Gasteiger partial charge in [-0.2, -0.15) is 0 Å². The summed E-state index contributed by atoms with van der Waals surface area (Å²) in [5.74, 6) is 0.339. The Morgan fingerprint density at radius 3 is 2.38 bits per heavy atom. The third-order valence-electron chi connectivity index (χ3n) is 7.01. The number of pyridine rings is 1. The minimum Gasteiger partial charge on any atom is -0.493 e. The number of rotatable bonds is 17. The maximum absolute atomic E-state index is 13.0. The lowest BCUT2D eigenvalue weighted by Gasteiger charge is -2.28. The molecule has 3 unspecified atom stereocenters. The topological polar surface area (TPSA) is 136 Å². The molecule has 9 nitrogen and oxygen atoms in total. The quantitative estimate of drug-likeness (QED) is 0.226. The molecule has 3 atom stereocenters. The highest BCUT2D eigenvalue weighted by atomic mass is 16.5. The van der Waals surface area contributed by atoms with Crippen LogP contribution >= 0.6 is 0 Å². The molecule has 2 amide bonds. The van der Waals surface area contributed by atoms with Crippen molar-refractivity contribution in [3.05, 3.63) is 59.9 Å². The van der Waals surface area contributed by atoms with E-state index in [0.29, 0.717) is 43.2 Å². The summed E-state index contributed by atoms with van der Waals surface area (Å²) in [4.78, 5) is 30.1. The Morgan fingerprint density at radius 2 is 1.72 bits per heavy atom. The molecule has 0 bridgehead atoms. The number of para-hydroxylation sites is 1. The maximum Gasteiger partial charge on any atom is 0.255 e. The molecule has 1 aromatic carbocycles. The summed E-state index contributed by atoms with van der Waals surface area (Å²) in [6.45, 7) is 9.31. The zero-order valence-corrected chi connectivity index (χ0v) is 24.0. The molecule has 39 heavy (non-hydrogen) atoms. The fourth-order valence-electron chi connectivity index (χ4n) is 4.15. The predicted octanol–water partition coefficient (Wildman–Crippen LogP) is 3.06. The smallest absolute Gasteiger partial charge is 0.255 e. The van der Waals surface area contributed by atoms with E-state index in [4.69, 9.17) is 15.2 Å². The molecule has 1 aromatic heterocycles. The number of ether oxygens (including phenoxy) is 2. The van der Waals surface area contributed by atoms with Crippen LogP contribution in [0.15, 0.2) is 48.7 Å². The molecular formula is C30H46N4O5. The van der Waals surface area contributed by atoms with Crippen LogP contribution in [0.3, 0.4) is 0 Å². The van der Waals surface area contributed by atoms with Gasteiger partial charge in [0, 0.05) is 39.0 Å². The Balaban J connectivity index is 1.88. The number of carbonyl (C=O) groups excluding carboxylic acids is 2. The van der Waals surface area contributed by atoms with Crippen LogP contribution in [-0.2, 0) is 14.9 Å². The molecule has 216 valence electrons. The van der Waals surface area contributed by atoms with Crippen molar-refractivity contribution in [3.63, 3.8) is 0 Å². The Hall–Kier alpha value is -3.01. The number of benzene rings is 1. The highest BCUT2D eigenvalue weighted by Crippen LogP contribution is 2.22. The van der Waals surface area contributed by atoms with Crippen LogP contribution in [0.5, 0.6) is 5.75 Å². The van der Waals surface area contributed by atoms with Crippen LogP contribution in [0.4, 0.5) is 0 Å². The summed E-state index contributed by atoms with van der Waals surface area (Å²) in [6.07, 6.45) is 2.92. The van der Waals surface area contributed by atoms with Gasteiger partial charge in [-0.1, -0.05) is 32.0 Å². The number of unbranched alkanes of at least 4 members (excludes halogenated alkanes) is 1. The number of aliphatic hydroxyl groups excluding tert-OH is 1. The van der Waals surface area contributed by atoms with E-state index in [0.717, 1.165) is 12.8 Å². The van der Waals surface area contributed by atoms with Gasteiger partial charge in [-0.25, -0.2) is 0 Å². The zero-order chi connectivity index (χ0) is 28.8. The van der Waals surface area contributed by atoms with Gasteiger partial charge < -0.3 is 30.9 Å². The third kappa shape index (κ3) is 10.2. The molecule has 0 aliphatic rings. The minimum atomic E-state index is -0.933. The number of aliphatic hydroxyl groups is 1. The monoisotopic (exact) mass is 542 g/mol. The minimum absolute atomic E-state index is 0.0291. The molecule has 0 saturated heterocycles. The lowest BCUT2D eigenvalue weighted by molar-refractivity contribution is -0.126. The second kappa shape index (κ2) is 16.2. The lowest BCUT2D eigenvalue weighted by Crippen LogP contribution is -2.49. The van der Waals surface area contributed by atoms with Gasteiger partial charge in [-0.05, 0) is 69.2 Å². The maximum atomic E-state index is 13.0. The number of amides is 2. The molecule has 0 aliphatic heterocycles. The summed E-state index contributed by atoms with van der Waals surface area (Å²) in [6, 6.07) is 12.1. The second-order valence-corrected chi connectivity index (χ2v) is 10.8. The second-order valence-electron chi connectivity index (χ2n) is 10.8. The van der Waals surface area contributed by atoms with Crippen molar-refractivity contribution in [1.82, 2.24) is 15.6 Å². The fraction of sp³-hybridized carbons (Fsp3) is 0.567. The number of hydrogen-bond donors (Lipinski definition) is 4. The number of nitrogens with one attached hydrogen (secondary N) is 2. The van der Waals surface area contributed by atoms with Crippen LogP contribution in [0.25, 0.3) is 0 Å². The first-order valence-electron chi connectivity index (χ1n) is 13.7. The summed E-state index contributed by atoms with van der Waals surface area (Å²) < 4.78 is 10.9. The SMILES string of the molecule is COCCCCOc1ccccc1C(=O)NCC(CC(N)C(O)CNC(=O)C(C)(C)c1ccccn1)C(C)C. The van der Waals surface area contributed by atoms with E-state index in [1.807, 2.05) is 18.2 Å². The van der Waals surface area contributed by atoms with Gasteiger partial charge in [0.2, 0.25) is 5.91 Å². The van der Waals surface area contributed by atoms with Gasteiger partial charge in [-0.15, -0.1) is 0 Å². The summed E-state index contributed by atoms with van der Waals surface area (Å²) in [5, 5.41) is 16.5. The summed E-state index contributed by atoms with van der Waals surface area (Å²) >= 11 is 0. The van der Waals surface area contributed by atoms with E-state index in [2.05, 4.69) is 29.5 Å². The molecular weight excluding hydrogens is 496 g/mol. The van der Waals surface area contributed by atoms with E-state index >= 15 is 0 Å². The molecule has 0 saturated carbocycles. The number of aromatic nitrogens is 1. The highest BCUT2D eigenvalue weighted by molar-refractivity contribution is 5.96. The number of hydrogen-bond acceptors (Lipinski definition) is 7. The van der Waals surface area contributed by atoms with Gasteiger partial charge >= 0.3 is 0 Å². The first kappa shape index (κ1) is 32.2. The van der Waals surface area contributed by atoms with Crippen molar-refractivity contribution in [2.45, 2.75) is 64.5 Å². The fourth-order valence-corrected chi connectivity index (χ4v) is 4.15. The van der Waals surface area contributed by atoms with Crippen LogP contribution in [-0.4, -0.2) is 67.5 Å². The van der Waals surface area contributed by atoms with Gasteiger partial charge in [0.05, 0.1) is 29.4 Å². The van der Waals surface area contributed by atoms with Gasteiger partial charge in [-0.3, -0.25) is 14.6 Å². The summed E-state index contributed by atoms with van der Waals surface area (Å²) in [5.41, 5.74) is 6.62. The number of carbonyl (C=O) groups is 2. The largest absolute Gasteiger partial charge is 0.493 e. The average molecular weight is 543 g/mol. The first-order valence-corrected chi connectivity index (χ1v) is 13.7. The van der Waals surface area contributed by atoms with Crippen molar-refractivity contribution in [3.8, 4) is 5.75 Å². The Morgan fingerprint density at radius 1 is 1.03 bits per heavy atom. The molecule has 9 heteroatoms. The van der Waals surface area contributed by atoms with Crippen molar-refractivity contribution in [2.75, 3.05) is 33.4 Å². The van der Waals surface area contributed by atoms with Crippen molar-refractivity contribution in [1.29, 1.82) is 0 Å². The standard InChI is InChI=1S/C30H46N4O5/c1-21(2)22(19-33-28(36)23-12-6-7-13-26(23)39-17-11-10-16-38-5)18-24(31)25(35)20-34-29(37)30(3,4)27-14-8-9-15-32-27/h6-9,12-15,21-22,24-25,35H,10-11,16-20,31H2,1-5H3,(H,33,36)(H,34,37). The van der Waals surface area contributed by atoms with E-state index in [1.54, 1.807) is 51.4 Å². The Bertz CT molecular complexity index is 1020. The molecule has 0 aliphatic carbocycles. The highest BCUT2D eigenvalue weighted by Gasteiger charge is 2.32. The first-order chi connectivity index (χ1) is 18.6. The van der Waals surface area contributed by atoms with Gasteiger partial charge in [0.25, 0.3) is 5.91 Å². The summed E-state index contributed by atoms with van der Waals surface area (Å²) in [7, 11) is 1.67. The van der Waals surface area contributed by atoms with Crippen LogP contribution in [0.1, 0.15) is 63.0 Å².